The molecule has 1 N–H and O–H groups in total. The highest BCUT2D eigenvalue weighted by Crippen LogP contribution is 2.22. The van der Waals surface area contributed by atoms with Crippen molar-refractivity contribution >= 4 is 0 Å². The summed E-state index contributed by atoms with van der Waals surface area (Å²) in [5.74, 6) is -0.152. The first-order chi connectivity index (χ1) is 9.38. The van der Waals surface area contributed by atoms with E-state index in [0.717, 1.165) is 11.3 Å². The number of nitrogens with zero attached hydrogens (tertiary/aromatic N) is 2. The second kappa shape index (κ2) is 5.75. The summed E-state index contributed by atoms with van der Waals surface area (Å²) in [5, 5.41) is 7.85. The van der Waals surface area contributed by atoms with Crippen LogP contribution in [0.4, 0.5) is 4.39 Å². The molecule has 0 fully saturated rings. The second-order valence-electron chi connectivity index (χ2n) is 5.46. The van der Waals surface area contributed by atoms with Crippen LogP contribution in [-0.4, -0.2) is 9.78 Å². The summed E-state index contributed by atoms with van der Waals surface area (Å²) in [7, 11) is 1.92. The summed E-state index contributed by atoms with van der Waals surface area (Å²) >= 11 is 0. The highest BCUT2D eigenvalue weighted by atomic mass is 19.1. The van der Waals surface area contributed by atoms with Crippen molar-refractivity contribution in [3.63, 3.8) is 0 Å². The minimum absolute atomic E-state index is 0.0831. The molecule has 3 nitrogen and oxygen atoms in total. The molecule has 0 amide bonds. The molecule has 0 radical (unpaired) electrons. The fourth-order valence-electron chi connectivity index (χ4n) is 2.48. The van der Waals surface area contributed by atoms with Gasteiger partial charge < -0.3 is 5.32 Å². The summed E-state index contributed by atoms with van der Waals surface area (Å²) < 4.78 is 15.4. The third-order valence-electron chi connectivity index (χ3n) is 3.71. The van der Waals surface area contributed by atoms with Crippen molar-refractivity contribution in [2.45, 2.75) is 39.8 Å². The molecule has 0 bridgehead atoms. The quantitative estimate of drug-likeness (QED) is 0.924. The molecule has 1 aromatic heterocycles. The Morgan fingerprint density at radius 3 is 2.45 bits per heavy atom. The zero-order valence-electron chi connectivity index (χ0n) is 12.7. The molecule has 0 aliphatic heterocycles. The van der Waals surface area contributed by atoms with E-state index in [0.29, 0.717) is 5.56 Å². The van der Waals surface area contributed by atoms with Crippen LogP contribution in [0.5, 0.6) is 0 Å². The Bertz CT molecular complexity index is 604. The van der Waals surface area contributed by atoms with Crippen molar-refractivity contribution in [1.82, 2.24) is 15.1 Å². The van der Waals surface area contributed by atoms with E-state index in [9.17, 15) is 4.39 Å². The van der Waals surface area contributed by atoms with Crippen LogP contribution in [-0.2, 0) is 7.05 Å². The Balaban J connectivity index is 2.12. The zero-order chi connectivity index (χ0) is 14.9. The van der Waals surface area contributed by atoms with Crippen molar-refractivity contribution in [1.29, 1.82) is 0 Å². The smallest absolute Gasteiger partial charge is 0.126 e. The standard InChI is InChI=1S/C16H22FN3/c1-10-6-7-14(8-16(10)17)11(2)18-12(3)15-9-20(5)19-13(15)4/h6-9,11-12,18H,1-5H3. The molecule has 0 saturated carbocycles. The first-order valence-electron chi connectivity index (χ1n) is 6.90. The minimum atomic E-state index is -0.152. The van der Waals surface area contributed by atoms with Gasteiger partial charge in [0.05, 0.1) is 5.69 Å². The van der Waals surface area contributed by atoms with Crippen molar-refractivity contribution < 1.29 is 4.39 Å². The molecular weight excluding hydrogens is 253 g/mol. The van der Waals surface area contributed by atoms with Crippen LogP contribution in [0.25, 0.3) is 0 Å². The van der Waals surface area contributed by atoms with Gasteiger partial charge in [-0.3, -0.25) is 4.68 Å². The van der Waals surface area contributed by atoms with Gasteiger partial charge in [-0.05, 0) is 44.9 Å². The van der Waals surface area contributed by atoms with E-state index in [4.69, 9.17) is 0 Å². The summed E-state index contributed by atoms with van der Waals surface area (Å²) in [4.78, 5) is 0. The molecule has 0 spiro atoms. The molecule has 1 heterocycles. The van der Waals surface area contributed by atoms with Crippen LogP contribution < -0.4 is 5.32 Å². The molecule has 108 valence electrons. The van der Waals surface area contributed by atoms with Gasteiger partial charge in [-0.1, -0.05) is 12.1 Å². The van der Waals surface area contributed by atoms with Gasteiger partial charge in [0.2, 0.25) is 0 Å². The number of aryl methyl sites for hydroxylation is 3. The molecular formula is C16H22FN3. The predicted molar refractivity (Wildman–Crippen MR) is 79.0 cm³/mol. The van der Waals surface area contributed by atoms with Gasteiger partial charge in [0, 0.05) is 30.9 Å². The zero-order valence-corrected chi connectivity index (χ0v) is 12.7. The number of rotatable bonds is 4. The third-order valence-corrected chi connectivity index (χ3v) is 3.71. The van der Waals surface area contributed by atoms with Gasteiger partial charge in [0.25, 0.3) is 0 Å². The van der Waals surface area contributed by atoms with Crippen LogP contribution in [0, 0.1) is 19.7 Å². The lowest BCUT2D eigenvalue weighted by Crippen LogP contribution is -2.22. The third kappa shape index (κ3) is 3.07. The maximum atomic E-state index is 13.6. The fraction of sp³-hybridized carbons (Fsp3) is 0.438. The number of hydrogen-bond acceptors (Lipinski definition) is 2. The average molecular weight is 275 g/mol. The summed E-state index contributed by atoms with van der Waals surface area (Å²) in [6, 6.07) is 5.65. The van der Waals surface area contributed by atoms with Crippen LogP contribution in [0.3, 0.4) is 0 Å². The summed E-state index contributed by atoms with van der Waals surface area (Å²) in [6.07, 6.45) is 2.02. The monoisotopic (exact) mass is 275 g/mol. The van der Waals surface area contributed by atoms with Gasteiger partial charge in [-0.2, -0.15) is 5.10 Å². The van der Waals surface area contributed by atoms with E-state index in [1.54, 1.807) is 13.0 Å². The van der Waals surface area contributed by atoms with E-state index in [1.165, 1.54) is 5.56 Å². The molecule has 0 saturated heterocycles. The number of halogens is 1. The van der Waals surface area contributed by atoms with Crippen molar-refractivity contribution in [2.75, 3.05) is 0 Å². The Kier molecular flexibility index (Phi) is 4.23. The van der Waals surface area contributed by atoms with E-state index in [-0.39, 0.29) is 17.9 Å². The maximum Gasteiger partial charge on any atom is 0.126 e. The Morgan fingerprint density at radius 2 is 1.90 bits per heavy atom. The first-order valence-corrected chi connectivity index (χ1v) is 6.90. The number of benzene rings is 1. The van der Waals surface area contributed by atoms with E-state index in [1.807, 2.05) is 43.9 Å². The number of hydrogen-bond donors (Lipinski definition) is 1. The minimum Gasteiger partial charge on any atom is -0.304 e. The molecule has 2 rings (SSSR count). The molecule has 20 heavy (non-hydrogen) atoms. The van der Waals surface area contributed by atoms with Gasteiger partial charge in [0.1, 0.15) is 5.82 Å². The summed E-state index contributed by atoms with van der Waals surface area (Å²) in [5.41, 5.74) is 3.83. The van der Waals surface area contributed by atoms with Gasteiger partial charge >= 0.3 is 0 Å². The Morgan fingerprint density at radius 1 is 1.20 bits per heavy atom. The summed E-state index contributed by atoms with van der Waals surface area (Å²) in [6.45, 7) is 7.93. The second-order valence-corrected chi connectivity index (χ2v) is 5.46. The Hall–Kier alpha value is -1.68. The molecule has 0 aliphatic carbocycles. The molecule has 2 atom stereocenters. The Labute approximate surface area is 119 Å². The predicted octanol–water partition coefficient (Wildman–Crippen LogP) is 3.59. The lowest BCUT2D eigenvalue weighted by Gasteiger charge is -2.20. The lowest BCUT2D eigenvalue weighted by molar-refractivity contribution is 0.490. The normalized spacial score (nSPS) is 14.3. The SMILES string of the molecule is Cc1ccc(C(C)NC(C)c2cn(C)nc2C)cc1F. The highest BCUT2D eigenvalue weighted by molar-refractivity contribution is 5.26. The lowest BCUT2D eigenvalue weighted by atomic mass is 10.0. The number of nitrogens with one attached hydrogen (secondary N) is 1. The van der Waals surface area contributed by atoms with E-state index < -0.39 is 0 Å². The van der Waals surface area contributed by atoms with E-state index in [2.05, 4.69) is 17.3 Å². The molecule has 2 unspecified atom stereocenters. The van der Waals surface area contributed by atoms with Gasteiger partial charge in [0.15, 0.2) is 0 Å². The maximum absolute atomic E-state index is 13.6. The molecule has 0 aliphatic rings. The van der Waals surface area contributed by atoms with Gasteiger partial charge in [-0.25, -0.2) is 4.39 Å². The van der Waals surface area contributed by atoms with E-state index >= 15 is 0 Å². The number of aromatic nitrogens is 2. The highest BCUT2D eigenvalue weighted by Gasteiger charge is 2.15. The molecule has 2 aromatic rings. The largest absolute Gasteiger partial charge is 0.304 e. The van der Waals surface area contributed by atoms with Gasteiger partial charge in [-0.15, -0.1) is 0 Å². The molecule has 1 aromatic carbocycles. The van der Waals surface area contributed by atoms with Crippen LogP contribution in [0.15, 0.2) is 24.4 Å². The van der Waals surface area contributed by atoms with Crippen LogP contribution >= 0.6 is 0 Å². The van der Waals surface area contributed by atoms with Crippen molar-refractivity contribution in [3.8, 4) is 0 Å². The topological polar surface area (TPSA) is 29.9 Å². The average Bonchev–Trinajstić information content (AvgIpc) is 2.71. The fourth-order valence-corrected chi connectivity index (χ4v) is 2.48. The van der Waals surface area contributed by atoms with Crippen molar-refractivity contribution in [2.24, 2.45) is 7.05 Å². The van der Waals surface area contributed by atoms with Crippen LogP contribution in [0.1, 0.15) is 48.3 Å². The molecule has 4 heteroatoms. The van der Waals surface area contributed by atoms with Crippen LogP contribution in [0.2, 0.25) is 0 Å². The first kappa shape index (κ1) is 14.7. The van der Waals surface area contributed by atoms with Crippen molar-refractivity contribution in [3.05, 3.63) is 52.6 Å².